The molecule has 0 amide bonds. The van der Waals surface area contributed by atoms with E-state index >= 15 is 0 Å². The van der Waals surface area contributed by atoms with Gasteiger partial charge in [0.25, 0.3) is 0 Å². The first-order valence-corrected chi connectivity index (χ1v) is 37.3. The summed E-state index contributed by atoms with van der Waals surface area (Å²) in [6.07, 6.45) is 9.04. The van der Waals surface area contributed by atoms with Gasteiger partial charge in [-0.1, -0.05) is 0 Å². The van der Waals surface area contributed by atoms with E-state index < -0.39 is 32.1 Å². The van der Waals surface area contributed by atoms with Gasteiger partial charge in [0, 0.05) is 0 Å². The summed E-state index contributed by atoms with van der Waals surface area (Å²) in [5.41, 5.74) is 10.1. The Balaban J connectivity index is 1.80. The molecule has 0 nitrogen and oxygen atoms in total. The summed E-state index contributed by atoms with van der Waals surface area (Å²) in [6.45, 7) is 28.3. The molecule has 2 aliphatic carbocycles. The van der Waals surface area contributed by atoms with Crippen molar-refractivity contribution in [3.05, 3.63) is 143 Å². The van der Waals surface area contributed by atoms with Crippen molar-refractivity contribution in [1.82, 2.24) is 0 Å². The molecule has 0 heterocycles. The summed E-state index contributed by atoms with van der Waals surface area (Å²) in [4.78, 5) is 0. The number of fused-ring (bicyclic) bond motifs is 3. The van der Waals surface area contributed by atoms with Crippen molar-refractivity contribution in [1.29, 1.82) is 0 Å². The van der Waals surface area contributed by atoms with Crippen molar-refractivity contribution in [3.63, 3.8) is 0 Å². The molecule has 0 saturated carbocycles. The zero-order chi connectivity index (χ0) is 40.9. The molecule has 0 atom stereocenters. The molecular formula is C51H68Cl2Si2Zr. The van der Waals surface area contributed by atoms with Crippen molar-refractivity contribution in [2.75, 3.05) is 0 Å². The summed E-state index contributed by atoms with van der Waals surface area (Å²) in [5, 5.41) is 3.10. The standard InChI is InChI=1S/C25H38Si2.C21H25.C5H5.2ClH.Zr/c1-7-26(8-2,9-3)24-17-13-22(14-18-24)21-23-15-19-25(20-16-23)27(10-4,11-5)12-6;1-20(2,3)16-7-9-18-14(12-16)11-15-13-17(21(4,5)6)8-10-19(15)18;1-2-4-5-3-1;;;/h13-20H,7-12H2,1-6H3;7-13H,1-6H3;1-5H;2*1H;/q;;;;;+2/p-2. The molecule has 4 aromatic rings. The van der Waals surface area contributed by atoms with Crippen LogP contribution in [0.3, 0.4) is 0 Å². The van der Waals surface area contributed by atoms with Gasteiger partial charge in [0.2, 0.25) is 0 Å². The van der Waals surface area contributed by atoms with Crippen molar-refractivity contribution < 1.29 is 15.9 Å². The van der Waals surface area contributed by atoms with E-state index in [9.17, 15) is 0 Å². The molecule has 0 radical (unpaired) electrons. The van der Waals surface area contributed by atoms with Crippen LogP contribution in [0.2, 0.25) is 39.9 Å². The molecule has 298 valence electrons. The Morgan fingerprint density at radius 1 is 0.518 bits per heavy atom. The van der Waals surface area contributed by atoms with Crippen LogP contribution in [0.4, 0.5) is 0 Å². The second-order valence-electron chi connectivity index (χ2n) is 19.2. The maximum atomic E-state index is 9.11. The Kier molecular flexibility index (Phi) is 12.4. The van der Waals surface area contributed by atoms with E-state index in [1.807, 2.05) is 0 Å². The summed E-state index contributed by atoms with van der Waals surface area (Å²) in [7, 11) is 15.0. The fourth-order valence-electron chi connectivity index (χ4n) is 10.5. The van der Waals surface area contributed by atoms with Gasteiger partial charge in [0.1, 0.15) is 0 Å². The molecule has 2 aliphatic rings. The van der Waals surface area contributed by atoms with E-state index in [0.717, 1.165) is 0 Å². The Bertz CT molecular complexity index is 2040. The second kappa shape index (κ2) is 16.0. The van der Waals surface area contributed by atoms with E-state index in [1.54, 1.807) is 10.4 Å². The average molecular weight is 899 g/mol. The second-order valence-corrected chi connectivity index (χ2v) is 50.4. The number of hydrogen-bond acceptors (Lipinski definition) is 0. The van der Waals surface area contributed by atoms with Gasteiger partial charge in [-0.15, -0.1) is 0 Å². The summed E-state index contributed by atoms with van der Waals surface area (Å²) >= 11 is -5.55. The van der Waals surface area contributed by atoms with Crippen LogP contribution in [0.25, 0.3) is 11.1 Å². The maximum absolute atomic E-state index is 9.11. The number of halogens is 2. The van der Waals surface area contributed by atoms with Crippen LogP contribution < -0.4 is 10.4 Å². The molecule has 56 heavy (non-hydrogen) atoms. The molecule has 0 unspecified atom stereocenters. The molecule has 0 N–H and O–H groups in total. The molecule has 0 aromatic heterocycles. The molecule has 0 saturated heterocycles. The van der Waals surface area contributed by atoms with Crippen LogP contribution >= 0.6 is 17.0 Å². The third-order valence-electron chi connectivity index (χ3n) is 14.7. The summed E-state index contributed by atoms with van der Waals surface area (Å²) in [5.74, 6) is 0. The van der Waals surface area contributed by atoms with Crippen molar-refractivity contribution in [2.45, 2.75) is 137 Å². The van der Waals surface area contributed by atoms with Gasteiger partial charge < -0.3 is 0 Å². The van der Waals surface area contributed by atoms with Crippen molar-refractivity contribution in [2.24, 2.45) is 0 Å². The molecule has 0 bridgehead atoms. The first-order chi connectivity index (χ1) is 26.4. The Morgan fingerprint density at radius 3 is 1.16 bits per heavy atom. The van der Waals surface area contributed by atoms with Gasteiger partial charge in [-0.25, -0.2) is 0 Å². The van der Waals surface area contributed by atoms with E-state index in [1.165, 1.54) is 84.0 Å². The van der Waals surface area contributed by atoms with Crippen LogP contribution in [-0.2, 0) is 26.7 Å². The third kappa shape index (κ3) is 7.25. The van der Waals surface area contributed by atoms with E-state index in [4.69, 9.17) is 17.0 Å². The number of allylic oxidation sites excluding steroid dienone is 4. The van der Waals surface area contributed by atoms with Gasteiger partial charge in [0.05, 0.1) is 0 Å². The minimum atomic E-state index is -5.55. The normalized spacial score (nSPS) is 15.4. The van der Waals surface area contributed by atoms with E-state index in [2.05, 4.69) is 192 Å². The number of benzene rings is 4. The number of rotatable bonds is 12. The molecule has 0 aliphatic heterocycles. The monoisotopic (exact) mass is 896 g/mol. The minimum absolute atomic E-state index is 0.0251. The summed E-state index contributed by atoms with van der Waals surface area (Å²) in [6, 6.07) is 41.4. The zero-order valence-electron chi connectivity index (χ0n) is 36.5. The predicted octanol–water partition coefficient (Wildman–Crippen LogP) is 15.0. The van der Waals surface area contributed by atoms with Gasteiger partial charge in [-0.3, -0.25) is 0 Å². The van der Waals surface area contributed by atoms with Gasteiger partial charge in [-0.05, 0) is 0 Å². The first kappa shape index (κ1) is 43.7. The molecule has 5 heteroatoms. The van der Waals surface area contributed by atoms with Gasteiger partial charge in [-0.2, -0.15) is 0 Å². The van der Waals surface area contributed by atoms with E-state index in [-0.39, 0.29) is 18.1 Å². The molecule has 0 fully saturated rings. The molecule has 0 spiro atoms. The molecule has 6 rings (SSSR count). The Labute approximate surface area is 351 Å². The average Bonchev–Trinajstić information content (AvgIpc) is 3.85. The third-order valence-corrected chi connectivity index (χ3v) is 45.6. The topological polar surface area (TPSA) is 0 Å². The Hall–Kier alpha value is -1.87. The van der Waals surface area contributed by atoms with Crippen LogP contribution in [-0.4, -0.2) is 19.4 Å². The number of hydrogen-bond donors (Lipinski definition) is 0. The predicted molar refractivity (Wildman–Crippen MR) is 255 cm³/mol. The van der Waals surface area contributed by atoms with Crippen LogP contribution in [0.1, 0.15) is 120 Å². The first-order valence-electron chi connectivity index (χ1n) is 21.7. The fourth-order valence-corrected chi connectivity index (χ4v) is 37.0. The van der Waals surface area contributed by atoms with Crippen molar-refractivity contribution >= 4 is 46.8 Å². The van der Waals surface area contributed by atoms with E-state index in [0.29, 0.717) is 0 Å². The molecule has 4 aromatic carbocycles. The van der Waals surface area contributed by atoms with Gasteiger partial charge in [0.15, 0.2) is 0 Å². The van der Waals surface area contributed by atoms with Crippen LogP contribution in [0.15, 0.2) is 109 Å². The van der Waals surface area contributed by atoms with Gasteiger partial charge >= 0.3 is 354 Å². The fraction of sp³-hybridized carbons (Fsp3) is 0.431. The quantitative estimate of drug-likeness (QED) is 0.124. The van der Waals surface area contributed by atoms with Crippen LogP contribution in [0.5, 0.6) is 0 Å². The summed E-state index contributed by atoms with van der Waals surface area (Å²) < 4.78 is 0.973. The van der Waals surface area contributed by atoms with Crippen LogP contribution in [0, 0.1) is 0 Å². The molecular weight excluding hydrogens is 831 g/mol. The SMILES string of the molecule is CC[Si](CC)(CC)c1ccc([C](c2ccc([Si](CC)(CC)CC)cc2)=[Zr]([Cl])([Cl])([CH]2C=CC=C2)[CH]2c3cc(C(C)(C)C)ccc3-c3ccc(C(C)(C)C)cc32)cc1. The zero-order valence-corrected chi connectivity index (χ0v) is 42.5. The Morgan fingerprint density at radius 2 is 0.857 bits per heavy atom. The van der Waals surface area contributed by atoms with Crippen molar-refractivity contribution in [3.8, 4) is 11.1 Å².